The SMILES string of the molecule is CCCn1nc(C(=O)OC(C)C(=O)NCc2ccccc2)ccc1=O. The third-order valence-corrected chi connectivity index (χ3v) is 3.47. The lowest BCUT2D eigenvalue weighted by Gasteiger charge is -2.13. The molecule has 1 atom stereocenters. The summed E-state index contributed by atoms with van der Waals surface area (Å²) in [7, 11) is 0. The molecule has 0 bridgehead atoms. The van der Waals surface area contributed by atoms with Crippen molar-refractivity contribution in [1.82, 2.24) is 15.1 Å². The summed E-state index contributed by atoms with van der Waals surface area (Å²) >= 11 is 0. The molecule has 1 aromatic carbocycles. The molecule has 0 aliphatic heterocycles. The Kier molecular flexibility index (Phi) is 6.45. The van der Waals surface area contributed by atoms with Gasteiger partial charge in [0.05, 0.1) is 0 Å². The first-order valence-corrected chi connectivity index (χ1v) is 8.12. The van der Waals surface area contributed by atoms with Gasteiger partial charge in [0.25, 0.3) is 11.5 Å². The quantitative estimate of drug-likeness (QED) is 0.770. The van der Waals surface area contributed by atoms with Crippen LogP contribution in [0.3, 0.4) is 0 Å². The Balaban J connectivity index is 1.94. The van der Waals surface area contributed by atoms with Crippen molar-refractivity contribution in [2.24, 2.45) is 0 Å². The van der Waals surface area contributed by atoms with E-state index in [0.29, 0.717) is 19.5 Å². The number of benzene rings is 1. The first kappa shape index (κ1) is 18.4. The molecular weight excluding hydrogens is 322 g/mol. The average molecular weight is 343 g/mol. The van der Waals surface area contributed by atoms with Gasteiger partial charge in [0, 0.05) is 19.2 Å². The Morgan fingerprint density at radius 1 is 1.20 bits per heavy atom. The molecule has 1 unspecified atom stereocenters. The van der Waals surface area contributed by atoms with Crippen LogP contribution in [0.1, 0.15) is 36.3 Å². The normalized spacial score (nSPS) is 11.6. The Morgan fingerprint density at radius 3 is 2.60 bits per heavy atom. The van der Waals surface area contributed by atoms with Crippen LogP contribution in [0, 0.1) is 0 Å². The van der Waals surface area contributed by atoms with Gasteiger partial charge in [-0.25, -0.2) is 9.48 Å². The van der Waals surface area contributed by atoms with Gasteiger partial charge in [-0.15, -0.1) is 0 Å². The van der Waals surface area contributed by atoms with Crippen LogP contribution < -0.4 is 10.9 Å². The first-order chi connectivity index (χ1) is 12.0. The van der Waals surface area contributed by atoms with Crippen LogP contribution in [0.15, 0.2) is 47.3 Å². The van der Waals surface area contributed by atoms with Crippen LogP contribution in [0.5, 0.6) is 0 Å². The van der Waals surface area contributed by atoms with Gasteiger partial charge in [-0.05, 0) is 25.0 Å². The monoisotopic (exact) mass is 343 g/mol. The number of aryl methyl sites for hydroxylation is 1. The minimum atomic E-state index is -0.968. The second-order valence-electron chi connectivity index (χ2n) is 5.53. The summed E-state index contributed by atoms with van der Waals surface area (Å²) in [4.78, 5) is 35.8. The minimum Gasteiger partial charge on any atom is -0.448 e. The highest BCUT2D eigenvalue weighted by atomic mass is 16.5. The van der Waals surface area contributed by atoms with Crippen LogP contribution in [-0.4, -0.2) is 27.8 Å². The molecular formula is C18H21N3O4. The Bertz CT molecular complexity index is 786. The van der Waals surface area contributed by atoms with Gasteiger partial charge in [-0.3, -0.25) is 9.59 Å². The Hall–Kier alpha value is -2.96. The molecule has 7 heteroatoms. The molecule has 1 heterocycles. The highest BCUT2D eigenvalue weighted by Crippen LogP contribution is 2.02. The Labute approximate surface area is 145 Å². The van der Waals surface area contributed by atoms with E-state index in [0.717, 1.165) is 5.56 Å². The van der Waals surface area contributed by atoms with Gasteiger partial charge in [-0.1, -0.05) is 37.3 Å². The second-order valence-corrected chi connectivity index (χ2v) is 5.53. The third kappa shape index (κ3) is 5.27. The van der Waals surface area contributed by atoms with Gasteiger partial charge in [0.2, 0.25) is 0 Å². The molecule has 0 saturated carbocycles. The van der Waals surface area contributed by atoms with Gasteiger partial charge < -0.3 is 10.1 Å². The maximum Gasteiger partial charge on any atom is 0.359 e. The number of nitrogens with zero attached hydrogens (tertiary/aromatic N) is 2. The molecule has 25 heavy (non-hydrogen) atoms. The number of esters is 1. The van der Waals surface area contributed by atoms with Gasteiger partial charge in [0.1, 0.15) is 0 Å². The molecule has 0 saturated heterocycles. The number of ether oxygens (including phenoxy) is 1. The standard InChI is InChI=1S/C18H21N3O4/c1-3-11-21-16(22)10-9-15(20-21)18(24)25-13(2)17(23)19-12-14-7-5-4-6-8-14/h4-10,13H,3,11-12H2,1-2H3,(H,19,23). The fourth-order valence-electron chi connectivity index (χ4n) is 2.13. The number of nitrogens with one attached hydrogen (secondary N) is 1. The average Bonchev–Trinajstić information content (AvgIpc) is 2.62. The fraction of sp³-hybridized carbons (Fsp3) is 0.333. The third-order valence-electron chi connectivity index (χ3n) is 3.47. The lowest BCUT2D eigenvalue weighted by molar-refractivity contribution is -0.129. The maximum absolute atomic E-state index is 12.1. The Morgan fingerprint density at radius 2 is 1.92 bits per heavy atom. The summed E-state index contributed by atoms with van der Waals surface area (Å²) in [5, 5.41) is 6.67. The van der Waals surface area contributed by atoms with Crippen molar-refractivity contribution >= 4 is 11.9 Å². The van der Waals surface area contributed by atoms with E-state index in [-0.39, 0.29) is 11.3 Å². The highest BCUT2D eigenvalue weighted by Gasteiger charge is 2.20. The summed E-state index contributed by atoms with van der Waals surface area (Å²) in [6.45, 7) is 4.15. The summed E-state index contributed by atoms with van der Waals surface area (Å²) in [6.07, 6.45) is -0.256. The van der Waals surface area contributed by atoms with Crippen molar-refractivity contribution < 1.29 is 14.3 Å². The molecule has 0 aliphatic carbocycles. The number of carbonyl (C=O) groups is 2. The number of hydrogen-bond acceptors (Lipinski definition) is 5. The van der Waals surface area contributed by atoms with Gasteiger partial charge in [0.15, 0.2) is 11.8 Å². The second kappa shape index (κ2) is 8.77. The van der Waals surface area contributed by atoms with Crippen molar-refractivity contribution in [3.63, 3.8) is 0 Å². The first-order valence-electron chi connectivity index (χ1n) is 8.12. The highest BCUT2D eigenvalue weighted by molar-refractivity contribution is 5.90. The number of hydrogen-bond donors (Lipinski definition) is 1. The van der Waals surface area contributed by atoms with E-state index < -0.39 is 18.0 Å². The zero-order valence-corrected chi connectivity index (χ0v) is 14.3. The van der Waals surface area contributed by atoms with E-state index in [1.165, 1.54) is 23.7 Å². The minimum absolute atomic E-state index is 0.00393. The molecule has 2 rings (SSSR count). The van der Waals surface area contributed by atoms with E-state index in [2.05, 4.69) is 10.4 Å². The van der Waals surface area contributed by atoms with Crippen molar-refractivity contribution in [3.05, 3.63) is 64.1 Å². The smallest absolute Gasteiger partial charge is 0.359 e. The van der Waals surface area contributed by atoms with Crippen LogP contribution in [0.4, 0.5) is 0 Å². The molecule has 2 aromatic rings. The zero-order chi connectivity index (χ0) is 18.2. The van der Waals surface area contributed by atoms with Crippen LogP contribution in [-0.2, 0) is 22.6 Å². The molecule has 0 aliphatic rings. The van der Waals surface area contributed by atoms with Gasteiger partial charge in [-0.2, -0.15) is 5.10 Å². The topological polar surface area (TPSA) is 90.3 Å². The van der Waals surface area contributed by atoms with E-state index >= 15 is 0 Å². The largest absolute Gasteiger partial charge is 0.448 e. The molecule has 0 fully saturated rings. The summed E-state index contributed by atoms with van der Waals surface area (Å²) in [5.74, 6) is -1.15. The molecule has 7 nitrogen and oxygen atoms in total. The molecule has 0 radical (unpaired) electrons. The van der Waals surface area contributed by atoms with Crippen LogP contribution in [0.25, 0.3) is 0 Å². The van der Waals surface area contributed by atoms with Crippen LogP contribution in [0.2, 0.25) is 0 Å². The molecule has 1 amide bonds. The number of amides is 1. The summed E-state index contributed by atoms with van der Waals surface area (Å²) in [6, 6.07) is 12.0. The zero-order valence-electron chi connectivity index (χ0n) is 14.3. The van der Waals surface area contributed by atoms with E-state index in [1.54, 1.807) is 0 Å². The molecule has 1 aromatic heterocycles. The van der Waals surface area contributed by atoms with Gasteiger partial charge >= 0.3 is 5.97 Å². The molecule has 132 valence electrons. The molecule has 1 N–H and O–H groups in total. The van der Waals surface area contributed by atoms with Crippen molar-refractivity contribution in [3.8, 4) is 0 Å². The maximum atomic E-state index is 12.1. The number of carbonyl (C=O) groups excluding carboxylic acids is 2. The fourth-order valence-corrected chi connectivity index (χ4v) is 2.13. The number of aromatic nitrogens is 2. The van der Waals surface area contributed by atoms with Crippen LogP contribution >= 0.6 is 0 Å². The van der Waals surface area contributed by atoms with E-state index in [1.807, 2.05) is 37.3 Å². The van der Waals surface area contributed by atoms with E-state index in [4.69, 9.17) is 4.74 Å². The predicted molar refractivity (Wildman–Crippen MR) is 92.0 cm³/mol. The predicted octanol–water partition coefficient (Wildman–Crippen LogP) is 1.51. The summed E-state index contributed by atoms with van der Waals surface area (Å²) < 4.78 is 6.34. The van der Waals surface area contributed by atoms with Crippen molar-refractivity contribution in [2.45, 2.75) is 39.5 Å². The lowest BCUT2D eigenvalue weighted by Crippen LogP contribution is -2.36. The number of rotatable bonds is 7. The van der Waals surface area contributed by atoms with Crippen molar-refractivity contribution in [2.75, 3.05) is 0 Å². The molecule has 0 spiro atoms. The van der Waals surface area contributed by atoms with Crippen molar-refractivity contribution in [1.29, 1.82) is 0 Å². The summed E-state index contributed by atoms with van der Waals surface area (Å²) in [5.41, 5.74) is 0.658. The van der Waals surface area contributed by atoms with E-state index in [9.17, 15) is 14.4 Å². The lowest BCUT2D eigenvalue weighted by atomic mass is 10.2.